The van der Waals surface area contributed by atoms with Gasteiger partial charge in [0, 0.05) is 76.2 Å². The monoisotopic (exact) mass is 640 g/mol. The summed E-state index contributed by atoms with van der Waals surface area (Å²) in [5.41, 5.74) is 2.86. The number of benzene rings is 1. The van der Waals surface area contributed by atoms with Gasteiger partial charge in [0.25, 0.3) is 5.91 Å². The molecule has 6 rings (SSSR count). The highest BCUT2D eigenvalue weighted by molar-refractivity contribution is 5.93. The van der Waals surface area contributed by atoms with Crippen LogP contribution in [0.1, 0.15) is 80.4 Å². The number of alkyl halides is 2. The van der Waals surface area contributed by atoms with Crippen LogP contribution in [-0.4, -0.2) is 105 Å². The number of aromatic nitrogens is 2. The van der Waals surface area contributed by atoms with Crippen molar-refractivity contribution in [3.63, 3.8) is 0 Å². The Kier molecular flexibility index (Phi) is 9.75. The largest absolute Gasteiger partial charge is 0.460 e. The standard InChI is InChI=1S/C34H46F2N6O4/c1-3-26(4-2)46-33-38-27(17-30(39-33)37-25-10-14-40(15-11-25)31(44)24-18-34(35,36)19-24)32(45)42-16-12-28(29(43)21-42)41-13-9-22-7-5-6-8-23(22)20-41/h5-8,17,24-26,28-29,43H,3-4,9-16,18-21H2,1-2H3,(H,37,38,39)/t28-,29-/m1/s1. The first-order chi connectivity index (χ1) is 22.1. The van der Waals surface area contributed by atoms with Crippen LogP contribution in [-0.2, 0) is 17.8 Å². The minimum absolute atomic E-state index is 0.0158. The summed E-state index contributed by atoms with van der Waals surface area (Å²) in [6, 6.07) is 10.2. The van der Waals surface area contributed by atoms with Gasteiger partial charge in [-0.1, -0.05) is 38.1 Å². The Bertz CT molecular complexity index is 1390. The summed E-state index contributed by atoms with van der Waals surface area (Å²) in [6.07, 6.45) is 2.91. The van der Waals surface area contributed by atoms with Gasteiger partial charge in [0.2, 0.25) is 11.8 Å². The molecule has 2 N–H and O–H groups in total. The number of aliphatic hydroxyl groups is 1. The summed E-state index contributed by atoms with van der Waals surface area (Å²) in [7, 11) is 0. The highest BCUT2D eigenvalue weighted by Gasteiger charge is 2.50. The lowest BCUT2D eigenvalue weighted by Gasteiger charge is -2.43. The van der Waals surface area contributed by atoms with E-state index in [1.54, 1.807) is 15.9 Å². The predicted molar refractivity (Wildman–Crippen MR) is 169 cm³/mol. The van der Waals surface area contributed by atoms with E-state index in [-0.39, 0.29) is 61.1 Å². The van der Waals surface area contributed by atoms with Crippen molar-refractivity contribution in [3.05, 3.63) is 47.2 Å². The number of nitrogens with one attached hydrogen (secondary N) is 1. The Balaban J connectivity index is 1.10. The first kappa shape index (κ1) is 32.6. The minimum Gasteiger partial charge on any atom is -0.460 e. The molecular weight excluding hydrogens is 594 g/mol. The Morgan fingerprint density at radius 2 is 1.72 bits per heavy atom. The lowest BCUT2D eigenvalue weighted by molar-refractivity contribution is -0.160. The molecule has 10 nitrogen and oxygen atoms in total. The number of amides is 2. The number of fused-ring (bicyclic) bond motifs is 1. The number of carbonyl (C=O) groups is 2. The number of ether oxygens (including phenoxy) is 1. The Morgan fingerprint density at radius 3 is 2.39 bits per heavy atom. The fourth-order valence-electron chi connectivity index (χ4n) is 7.31. The average molecular weight is 641 g/mol. The molecule has 0 unspecified atom stereocenters. The van der Waals surface area contributed by atoms with Crippen molar-refractivity contribution in [2.24, 2.45) is 5.92 Å². The molecule has 0 spiro atoms. The quantitative estimate of drug-likeness (QED) is 0.421. The van der Waals surface area contributed by atoms with Crippen molar-refractivity contribution in [2.75, 3.05) is 38.0 Å². The molecule has 2 amide bonds. The molecule has 1 aromatic heterocycles. The van der Waals surface area contributed by atoms with Crippen LogP contribution in [0.15, 0.2) is 30.3 Å². The second-order valence-corrected chi connectivity index (χ2v) is 13.3. The van der Waals surface area contributed by atoms with Crippen molar-refractivity contribution >= 4 is 17.6 Å². The molecule has 0 bridgehead atoms. The molecule has 2 saturated heterocycles. The first-order valence-electron chi connectivity index (χ1n) is 16.9. The normalized spacial score (nSPS) is 24.0. The van der Waals surface area contributed by atoms with Gasteiger partial charge in [-0.3, -0.25) is 14.5 Å². The molecule has 4 aliphatic rings. The molecule has 3 fully saturated rings. The fourth-order valence-corrected chi connectivity index (χ4v) is 7.31. The maximum Gasteiger partial charge on any atom is 0.319 e. The molecule has 0 radical (unpaired) electrons. The van der Waals surface area contributed by atoms with Crippen LogP contribution in [0, 0.1) is 5.92 Å². The number of nitrogens with zero attached hydrogens (tertiary/aromatic N) is 5. The van der Waals surface area contributed by atoms with Crippen molar-refractivity contribution in [1.82, 2.24) is 24.7 Å². The van der Waals surface area contributed by atoms with E-state index in [1.165, 1.54) is 11.1 Å². The zero-order valence-electron chi connectivity index (χ0n) is 26.8. The van der Waals surface area contributed by atoms with Gasteiger partial charge in [0.05, 0.1) is 6.10 Å². The van der Waals surface area contributed by atoms with E-state index < -0.39 is 17.9 Å². The molecule has 1 saturated carbocycles. The smallest absolute Gasteiger partial charge is 0.319 e. The number of β-amino-alcohol motifs (C(OH)–C–C–N with tert-alkyl or cyclic N) is 1. The van der Waals surface area contributed by atoms with Crippen molar-refractivity contribution in [1.29, 1.82) is 0 Å². The lowest BCUT2D eigenvalue weighted by Crippen LogP contribution is -2.56. The lowest BCUT2D eigenvalue weighted by atomic mass is 9.80. The van der Waals surface area contributed by atoms with Crippen molar-refractivity contribution in [3.8, 4) is 6.01 Å². The number of halogens is 2. The highest BCUT2D eigenvalue weighted by atomic mass is 19.3. The van der Waals surface area contributed by atoms with Gasteiger partial charge in [-0.15, -0.1) is 0 Å². The Hall–Kier alpha value is -3.38. The molecule has 1 aliphatic carbocycles. The fraction of sp³-hybridized carbons (Fsp3) is 0.647. The second kappa shape index (κ2) is 13.8. The van der Waals surface area contributed by atoms with E-state index in [1.807, 2.05) is 13.8 Å². The summed E-state index contributed by atoms with van der Waals surface area (Å²) < 4.78 is 32.7. The number of aliphatic hydroxyl groups excluding tert-OH is 1. The maximum absolute atomic E-state index is 13.8. The molecule has 46 heavy (non-hydrogen) atoms. The SMILES string of the molecule is CCC(CC)Oc1nc(NC2CCN(C(=O)C3CC(F)(F)C3)CC2)cc(C(=O)N2CC[C@@H](N3CCc4ccccc4C3)[C@H](O)C2)n1. The van der Waals surface area contributed by atoms with Crippen LogP contribution in [0.25, 0.3) is 0 Å². The van der Waals surface area contributed by atoms with E-state index in [0.717, 1.165) is 32.4 Å². The Labute approximate surface area is 269 Å². The Morgan fingerprint density at radius 1 is 1.02 bits per heavy atom. The number of likely N-dealkylation sites (tertiary alicyclic amines) is 2. The zero-order valence-corrected chi connectivity index (χ0v) is 26.8. The molecule has 250 valence electrons. The van der Waals surface area contributed by atoms with Crippen molar-refractivity contribution in [2.45, 2.75) is 102 Å². The summed E-state index contributed by atoms with van der Waals surface area (Å²) >= 11 is 0. The number of carbonyl (C=O) groups excluding carboxylic acids is 2. The third-order valence-electron chi connectivity index (χ3n) is 10.2. The van der Waals surface area contributed by atoms with Crippen LogP contribution >= 0.6 is 0 Å². The van der Waals surface area contributed by atoms with E-state index in [9.17, 15) is 23.5 Å². The number of anilines is 1. The van der Waals surface area contributed by atoms with Gasteiger partial charge in [0.1, 0.15) is 17.6 Å². The predicted octanol–water partition coefficient (Wildman–Crippen LogP) is 4.13. The van der Waals surface area contributed by atoms with E-state index >= 15 is 0 Å². The number of hydrogen-bond acceptors (Lipinski definition) is 8. The topological polar surface area (TPSA) is 111 Å². The summed E-state index contributed by atoms with van der Waals surface area (Å²) in [6.45, 7) is 7.40. The number of piperidine rings is 2. The average Bonchev–Trinajstić information content (AvgIpc) is 3.05. The summed E-state index contributed by atoms with van der Waals surface area (Å²) in [4.78, 5) is 41.2. The van der Waals surface area contributed by atoms with E-state index in [2.05, 4.69) is 44.5 Å². The molecule has 12 heteroatoms. The van der Waals surface area contributed by atoms with Gasteiger partial charge < -0.3 is 25.0 Å². The van der Waals surface area contributed by atoms with Crippen LogP contribution in [0.5, 0.6) is 6.01 Å². The molecule has 2 atom stereocenters. The molecule has 3 aliphatic heterocycles. The second-order valence-electron chi connectivity index (χ2n) is 13.3. The van der Waals surface area contributed by atoms with E-state index in [4.69, 9.17) is 4.74 Å². The summed E-state index contributed by atoms with van der Waals surface area (Å²) in [5.74, 6) is -3.30. The third kappa shape index (κ3) is 7.27. The third-order valence-corrected chi connectivity index (χ3v) is 10.2. The van der Waals surface area contributed by atoms with Gasteiger partial charge in [-0.2, -0.15) is 9.97 Å². The zero-order chi connectivity index (χ0) is 32.4. The van der Waals surface area contributed by atoms with Gasteiger partial charge in [0.15, 0.2) is 0 Å². The number of rotatable bonds is 9. The van der Waals surface area contributed by atoms with Crippen LogP contribution in [0.4, 0.5) is 14.6 Å². The maximum atomic E-state index is 13.8. The molecule has 4 heterocycles. The summed E-state index contributed by atoms with van der Waals surface area (Å²) in [5, 5.41) is 14.6. The molecule has 2 aromatic rings. The van der Waals surface area contributed by atoms with Gasteiger partial charge in [-0.05, 0) is 49.7 Å². The molecular formula is C34H46F2N6O4. The van der Waals surface area contributed by atoms with Crippen molar-refractivity contribution < 1.29 is 28.2 Å². The first-order valence-corrected chi connectivity index (χ1v) is 16.9. The van der Waals surface area contributed by atoms with Gasteiger partial charge in [-0.25, -0.2) is 8.78 Å². The van der Waals surface area contributed by atoms with E-state index in [0.29, 0.717) is 44.7 Å². The van der Waals surface area contributed by atoms with Crippen LogP contribution in [0.3, 0.4) is 0 Å². The minimum atomic E-state index is -2.72. The molecule has 1 aromatic carbocycles. The van der Waals surface area contributed by atoms with Crippen LogP contribution < -0.4 is 10.1 Å². The highest BCUT2D eigenvalue weighted by Crippen LogP contribution is 2.43. The number of hydrogen-bond donors (Lipinski definition) is 2. The van der Waals surface area contributed by atoms with Crippen LogP contribution in [0.2, 0.25) is 0 Å². The van der Waals surface area contributed by atoms with Gasteiger partial charge >= 0.3 is 6.01 Å².